The Morgan fingerprint density at radius 1 is 1.13 bits per heavy atom. The lowest BCUT2D eigenvalue weighted by Crippen LogP contribution is -2.32. The van der Waals surface area contributed by atoms with Crippen molar-refractivity contribution in [1.29, 1.82) is 0 Å². The number of aryl methyl sites for hydroxylation is 1. The van der Waals surface area contributed by atoms with Crippen molar-refractivity contribution in [3.8, 4) is 0 Å². The fourth-order valence-corrected chi connectivity index (χ4v) is 2.06. The second-order valence-electron chi connectivity index (χ2n) is 7.91. The van der Waals surface area contributed by atoms with E-state index in [0.29, 0.717) is 5.92 Å². The number of hydrogen-bond acceptors (Lipinski definition) is 3. The molecular weight excluding hydrogens is 290 g/mol. The lowest BCUT2D eigenvalue weighted by molar-refractivity contribution is 0.0331. The van der Waals surface area contributed by atoms with Crippen LogP contribution in [-0.4, -0.2) is 22.4 Å². The van der Waals surface area contributed by atoms with Crippen LogP contribution in [-0.2, 0) is 4.74 Å². The van der Waals surface area contributed by atoms with E-state index in [9.17, 15) is 4.79 Å². The minimum absolute atomic E-state index is 0.399. The number of anilines is 1. The number of carbonyl (C=O) groups excluding carboxylic acids is 1. The maximum Gasteiger partial charge on any atom is 0.412 e. The number of benzene rings is 1. The molecule has 0 bridgehead atoms. The number of carbonyl (C=O) groups is 1. The minimum Gasteiger partial charge on any atom is -0.443 e. The van der Waals surface area contributed by atoms with Gasteiger partial charge in [-0.2, -0.15) is 0 Å². The largest absolute Gasteiger partial charge is 0.443 e. The van der Waals surface area contributed by atoms with Gasteiger partial charge >= 0.3 is 6.09 Å². The molecule has 23 heavy (non-hydrogen) atoms. The number of nitrogens with one attached hydrogen (secondary N) is 1. The molecule has 0 atom stereocenters. The van der Waals surface area contributed by atoms with Gasteiger partial charge in [-0.1, -0.05) is 31.5 Å². The van der Waals surface area contributed by atoms with Crippen molar-refractivity contribution >= 4 is 11.8 Å². The van der Waals surface area contributed by atoms with Gasteiger partial charge in [0.15, 0.2) is 0 Å². The van der Waals surface area contributed by atoms with Crippen molar-refractivity contribution in [3.63, 3.8) is 0 Å². The van der Waals surface area contributed by atoms with Crippen molar-refractivity contribution in [1.82, 2.24) is 0 Å². The van der Waals surface area contributed by atoms with Crippen LogP contribution in [0.1, 0.15) is 60.5 Å². The molecule has 0 aliphatic heterocycles. The molecule has 0 spiro atoms. The highest BCUT2D eigenvalue weighted by Crippen LogP contribution is 2.21. The highest BCUT2D eigenvalue weighted by molar-refractivity contribution is 5.84. The van der Waals surface area contributed by atoms with Gasteiger partial charge < -0.3 is 9.84 Å². The van der Waals surface area contributed by atoms with E-state index in [-0.39, 0.29) is 0 Å². The van der Waals surface area contributed by atoms with Gasteiger partial charge in [0, 0.05) is 5.69 Å². The third kappa shape index (κ3) is 13.8. The Labute approximate surface area is 141 Å². The Morgan fingerprint density at radius 3 is 1.96 bits per heavy atom. The molecule has 0 unspecified atom stereocenters. The zero-order valence-corrected chi connectivity index (χ0v) is 15.9. The first kappa shape index (κ1) is 21.4. The van der Waals surface area contributed by atoms with Crippen molar-refractivity contribution in [2.75, 3.05) is 5.32 Å². The molecule has 4 nitrogen and oxygen atoms in total. The summed E-state index contributed by atoms with van der Waals surface area (Å²) in [6, 6.07) is 7.64. The fourth-order valence-electron chi connectivity index (χ4n) is 2.06. The predicted molar refractivity (Wildman–Crippen MR) is 96.8 cm³/mol. The topological polar surface area (TPSA) is 58.6 Å². The first-order chi connectivity index (χ1) is 10.3. The zero-order chi connectivity index (χ0) is 18.3. The molecule has 0 saturated carbocycles. The summed E-state index contributed by atoms with van der Waals surface area (Å²) in [5.74, 6) is 0.493. The molecule has 0 aromatic heterocycles. The lowest BCUT2D eigenvalue weighted by atomic mass is 9.96. The predicted octanol–water partition coefficient (Wildman–Crippen LogP) is 5.15. The van der Waals surface area contributed by atoms with Crippen LogP contribution >= 0.6 is 0 Å². The highest BCUT2D eigenvalue weighted by atomic mass is 16.6. The molecule has 1 amide bonds. The number of amides is 1. The van der Waals surface area contributed by atoms with E-state index in [0.717, 1.165) is 17.7 Å². The summed E-state index contributed by atoms with van der Waals surface area (Å²) in [5, 5.41) is 11.3. The third-order valence-electron chi connectivity index (χ3n) is 2.57. The van der Waals surface area contributed by atoms with E-state index in [1.54, 1.807) is 20.8 Å². The standard InChI is InChI=1S/C15H23NO2.C4H10O/c1-11(2)10-15(4,5)18-14(17)16-13-8-6-12(3)7-9-13;1-4(2,3)5/h6-9,11H,10H2,1-5H3,(H,16,17);5H,1-3H3. The molecule has 132 valence electrons. The molecule has 1 aromatic carbocycles. The molecule has 0 saturated heterocycles. The van der Waals surface area contributed by atoms with E-state index in [1.807, 2.05) is 45.0 Å². The summed E-state index contributed by atoms with van der Waals surface area (Å²) in [5.41, 5.74) is 0.975. The summed E-state index contributed by atoms with van der Waals surface area (Å²) >= 11 is 0. The normalized spacial score (nSPS) is 11.6. The van der Waals surface area contributed by atoms with Gasteiger partial charge in [-0.15, -0.1) is 0 Å². The van der Waals surface area contributed by atoms with Gasteiger partial charge in [0.25, 0.3) is 0 Å². The molecule has 0 heterocycles. The van der Waals surface area contributed by atoms with Crippen molar-refractivity contribution in [2.24, 2.45) is 5.92 Å². The Morgan fingerprint density at radius 2 is 1.57 bits per heavy atom. The molecule has 0 fully saturated rings. The minimum atomic E-state index is -0.500. The lowest BCUT2D eigenvalue weighted by Gasteiger charge is -2.26. The number of hydrogen-bond donors (Lipinski definition) is 2. The Bertz CT molecular complexity index is 464. The second-order valence-corrected chi connectivity index (χ2v) is 7.91. The third-order valence-corrected chi connectivity index (χ3v) is 2.57. The number of rotatable bonds is 4. The molecule has 1 rings (SSSR count). The highest BCUT2D eigenvalue weighted by Gasteiger charge is 2.24. The number of ether oxygens (including phenoxy) is 1. The Balaban J connectivity index is 0.000000841. The van der Waals surface area contributed by atoms with Crippen LogP contribution in [0, 0.1) is 12.8 Å². The van der Waals surface area contributed by atoms with E-state index in [4.69, 9.17) is 9.84 Å². The average Bonchev–Trinajstić information content (AvgIpc) is 2.27. The maximum atomic E-state index is 11.8. The zero-order valence-electron chi connectivity index (χ0n) is 15.9. The quantitative estimate of drug-likeness (QED) is 0.806. The summed E-state index contributed by atoms with van der Waals surface area (Å²) in [6.45, 7) is 15.3. The van der Waals surface area contributed by atoms with E-state index in [1.165, 1.54) is 0 Å². The van der Waals surface area contributed by atoms with Crippen LogP contribution in [0.4, 0.5) is 10.5 Å². The van der Waals surface area contributed by atoms with Gasteiger partial charge in [0.1, 0.15) is 5.60 Å². The molecule has 0 radical (unpaired) electrons. The van der Waals surface area contributed by atoms with Crippen LogP contribution in [0.3, 0.4) is 0 Å². The summed E-state index contributed by atoms with van der Waals surface area (Å²) in [4.78, 5) is 11.8. The Hall–Kier alpha value is -1.55. The molecule has 4 heteroatoms. The van der Waals surface area contributed by atoms with E-state index < -0.39 is 17.3 Å². The fraction of sp³-hybridized carbons (Fsp3) is 0.632. The molecule has 0 aliphatic rings. The van der Waals surface area contributed by atoms with Crippen LogP contribution in [0.15, 0.2) is 24.3 Å². The van der Waals surface area contributed by atoms with Crippen LogP contribution in [0.25, 0.3) is 0 Å². The average molecular weight is 323 g/mol. The van der Waals surface area contributed by atoms with Gasteiger partial charge in [-0.05, 0) is 66.0 Å². The SMILES string of the molecule is CC(C)(C)O.Cc1ccc(NC(=O)OC(C)(C)CC(C)C)cc1. The molecular formula is C19H33NO3. The maximum absolute atomic E-state index is 11.8. The van der Waals surface area contributed by atoms with E-state index >= 15 is 0 Å². The van der Waals surface area contributed by atoms with E-state index in [2.05, 4.69) is 19.2 Å². The second kappa shape index (κ2) is 8.92. The smallest absolute Gasteiger partial charge is 0.412 e. The van der Waals surface area contributed by atoms with Crippen molar-refractivity contribution < 1.29 is 14.6 Å². The monoisotopic (exact) mass is 323 g/mol. The van der Waals surface area contributed by atoms with Crippen LogP contribution < -0.4 is 5.32 Å². The van der Waals surface area contributed by atoms with Crippen molar-refractivity contribution in [2.45, 2.75) is 73.0 Å². The van der Waals surface area contributed by atoms with Crippen LogP contribution in [0.2, 0.25) is 0 Å². The van der Waals surface area contributed by atoms with Gasteiger partial charge in [0.05, 0.1) is 5.60 Å². The molecule has 1 aromatic rings. The first-order valence-corrected chi connectivity index (χ1v) is 8.07. The summed E-state index contributed by atoms with van der Waals surface area (Å²) < 4.78 is 5.43. The van der Waals surface area contributed by atoms with Crippen molar-refractivity contribution in [3.05, 3.63) is 29.8 Å². The van der Waals surface area contributed by atoms with Gasteiger partial charge in [0.2, 0.25) is 0 Å². The number of aliphatic hydroxyl groups is 1. The molecule has 0 aliphatic carbocycles. The van der Waals surface area contributed by atoms with Crippen LogP contribution in [0.5, 0.6) is 0 Å². The first-order valence-electron chi connectivity index (χ1n) is 8.07. The van der Waals surface area contributed by atoms with Gasteiger partial charge in [-0.25, -0.2) is 4.79 Å². The Kier molecular flexibility index (Phi) is 8.32. The molecule has 2 N–H and O–H groups in total. The summed E-state index contributed by atoms with van der Waals surface area (Å²) in [7, 11) is 0. The summed E-state index contributed by atoms with van der Waals surface area (Å²) in [6.07, 6.45) is 0.443. The van der Waals surface area contributed by atoms with Gasteiger partial charge in [-0.3, -0.25) is 5.32 Å².